The molecule has 3 fully saturated rings. The smallest absolute Gasteiger partial charge is 0.187 e. The molecule has 0 saturated carbocycles. The SMILES string of the molecule is C[C@H]1O[C@@H](O)[C@@H](O)[C@@H](O)[C@@H]1O[C@H]1O[C@@H](CO)[C@@H](O[C@H]2OC[C@@H](O)[C@@H](O)[C@H]2O)[C@@H](O)[C@H]1O. The van der Waals surface area contributed by atoms with Crippen molar-refractivity contribution in [3.63, 3.8) is 0 Å². The van der Waals surface area contributed by atoms with Crippen molar-refractivity contribution >= 4 is 0 Å². The Bertz CT molecular complexity index is 579. The second-order valence-electron chi connectivity index (χ2n) is 7.87. The summed E-state index contributed by atoms with van der Waals surface area (Å²) >= 11 is 0. The van der Waals surface area contributed by atoms with Crippen molar-refractivity contribution in [2.45, 2.75) is 92.9 Å². The molecule has 3 aliphatic heterocycles. The molecule has 0 unspecified atom stereocenters. The number of hydrogen-bond donors (Lipinski definition) is 9. The molecule has 0 radical (unpaired) electrons. The van der Waals surface area contributed by atoms with Gasteiger partial charge in [0.25, 0.3) is 0 Å². The first-order valence-electron chi connectivity index (χ1n) is 9.85. The van der Waals surface area contributed by atoms with Crippen LogP contribution in [0, 0.1) is 0 Å². The molecule has 31 heavy (non-hydrogen) atoms. The molecule has 3 heterocycles. The molecule has 0 amide bonds. The number of rotatable bonds is 5. The second-order valence-corrected chi connectivity index (χ2v) is 7.87. The summed E-state index contributed by atoms with van der Waals surface area (Å²) in [5.74, 6) is 0. The van der Waals surface area contributed by atoms with Crippen LogP contribution >= 0.6 is 0 Å². The number of hydrogen-bond acceptors (Lipinski definition) is 14. The van der Waals surface area contributed by atoms with Gasteiger partial charge in [-0.3, -0.25) is 0 Å². The van der Waals surface area contributed by atoms with Crippen LogP contribution in [0.5, 0.6) is 0 Å². The zero-order valence-corrected chi connectivity index (χ0v) is 16.6. The Hall–Kier alpha value is -0.560. The molecule has 3 aliphatic rings. The summed E-state index contributed by atoms with van der Waals surface area (Å²) in [6.45, 7) is 0.352. The van der Waals surface area contributed by atoms with Crippen LogP contribution in [0.4, 0.5) is 0 Å². The fourth-order valence-corrected chi connectivity index (χ4v) is 3.75. The summed E-state index contributed by atoms with van der Waals surface area (Å²) in [7, 11) is 0. The maximum absolute atomic E-state index is 10.5. The summed E-state index contributed by atoms with van der Waals surface area (Å²) in [6, 6.07) is 0. The van der Waals surface area contributed by atoms with Gasteiger partial charge in [-0.15, -0.1) is 0 Å². The normalized spacial score (nSPS) is 54.0. The predicted octanol–water partition coefficient (Wildman–Crippen LogP) is -5.91. The summed E-state index contributed by atoms with van der Waals surface area (Å²) in [5, 5.41) is 89.4. The molecule has 14 heteroatoms. The number of aliphatic hydroxyl groups excluding tert-OH is 9. The summed E-state index contributed by atoms with van der Waals surface area (Å²) in [6.07, 6.45) is -21.1. The van der Waals surface area contributed by atoms with Crippen LogP contribution < -0.4 is 0 Å². The summed E-state index contributed by atoms with van der Waals surface area (Å²) in [5.41, 5.74) is 0. The Morgan fingerprint density at radius 2 is 1.29 bits per heavy atom. The number of ether oxygens (including phenoxy) is 5. The quantitative estimate of drug-likeness (QED) is 0.187. The van der Waals surface area contributed by atoms with E-state index in [4.69, 9.17) is 23.7 Å². The van der Waals surface area contributed by atoms with Crippen molar-refractivity contribution in [1.29, 1.82) is 0 Å². The molecular weight excluding hydrogens is 428 g/mol. The van der Waals surface area contributed by atoms with Gasteiger partial charge in [-0.25, -0.2) is 0 Å². The first-order valence-corrected chi connectivity index (χ1v) is 9.85. The maximum atomic E-state index is 10.5. The van der Waals surface area contributed by atoms with Crippen LogP contribution in [-0.2, 0) is 23.7 Å². The van der Waals surface area contributed by atoms with E-state index in [-0.39, 0.29) is 6.61 Å². The maximum Gasteiger partial charge on any atom is 0.187 e. The van der Waals surface area contributed by atoms with Crippen LogP contribution in [0.25, 0.3) is 0 Å². The Labute approximate surface area is 176 Å². The predicted molar refractivity (Wildman–Crippen MR) is 93.8 cm³/mol. The molecule has 3 saturated heterocycles. The highest BCUT2D eigenvalue weighted by Crippen LogP contribution is 2.31. The lowest BCUT2D eigenvalue weighted by Crippen LogP contribution is -2.65. The molecular formula is C17H30O14. The van der Waals surface area contributed by atoms with Crippen molar-refractivity contribution in [1.82, 2.24) is 0 Å². The van der Waals surface area contributed by atoms with E-state index in [9.17, 15) is 46.0 Å². The first kappa shape index (κ1) is 25.1. The van der Waals surface area contributed by atoms with Crippen LogP contribution in [-0.4, -0.2) is 145 Å². The average Bonchev–Trinajstić information content (AvgIpc) is 2.74. The number of aliphatic hydroxyl groups is 9. The van der Waals surface area contributed by atoms with E-state index in [0.717, 1.165) is 0 Å². The Kier molecular flexibility index (Phi) is 8.21. The zero-order valence-electron chi connectivity index (χ0n) is 16.6. The van der Waals surface area contributed by atoms with Crippen molar-refractivity contribution in [3.05, 3.63) is 0 Å². The summed E-state index contributed by atoms with van der Waals surface area (Å²) < 4.78 is 26.5. The third kappa shape index (κ3) is 5.02. The fourth-order valence-electron chi connectivity index (χ4n) is 3.75. The fraction of sp³-hybridized carbons (Fsp3) is 1.00. The second kappa shape index (κ2) is 10.1. The third-order valence-corrected chi connectivity index (χ3v) is 5.65. The van der Waals surface area contributed by atoms with E-state index in [1.165, 1.54) is 6.92 Å². The van der Waals surface area contributed by atoms with Gasteiger partial charge in [0.15, 0.2) is 18.9 Å². The Morgan fingerprint density at radius 3 is 1.94 bits per heavy atom. The molecule has 3 rings (SSSR count). The highest BCUT2D eigenvalue weighted by atomic mass is 16.7. The molecule has 0 spiro atoms. The van der Waals surface area contributed by atoms with Crippen molar-refractivity contribution in [3.8, 4) is 0 Å². The standard InChI is InChI=1S/C17H30O14/c1-4-13(8(21)10(23)15(26)28-4)30-17-12(25)9(22)14(6(2-18)29-17)31-16-11(24)7(20)5(19)3-27-16/h4-26H,2-3H2,1H3/t4-,5-,6+,7-,8-,9+,10+,11-,12-,13-,14-,15-,16-,17-/m1/s1. The average molecular weight is 458 g/mol. The topological polar surface area (TPSA) is 228 Å². The minimum Gasteiger partial charge on any atom is -0.394 e. The lowest BCUT2D eigenvalue weighted by Gasteiger charge is -2.47. The van der Waals surface area contributed by atoms with E-state index < -0.39 is 92.6 Å². The highest BCUT2D eigenvalue weighted by Gasteiger charge is 2.51. The van der Waals surface area contributed by atoms with Crippen LogP contribution in [0.15, 0.2) is 0 Å². The van der Waals surface area contributed by atoms with E-state index in [2.05, 4.69) is 0 Å². The lowest BCUT2D eigenvalue weighted by atomic mass is 9.97. The van der Waals surface area contributed by atoms with Crippen LogP contribution in [0.2, 0.25) is 0 Å². The molecule has 0 aromatic rings. The van der Waals surface area contributed by atoms with Gasteiger partial charge in [0.1, 0.15) is 61.0 Å². The molecule has 14 nitrogen and oxygen atoms in total. The van der Waals surface area contributed by atoms with Crippen molar-refractivity contribution in [2.24, 2.45) is 0 Å². The van der Waals surface area contributed by atoms with Gasteiger partial charge in [-0.2, -0.15) is 0 Å². The minimum absolute atomic E-state index is 0.365. The van der Waals surface area contributed by atoms with Gasteiger partial charge < -0.3 is 69.6 Å². The Balaban J connectivity index is 1.68. The van der Waals surface area contributed by atoms with Crippen LogP contribution in [0.3, 0.4) is 0 Å². The molecule has 0 aliphatic carbocycles. The molecule has 0 bridgehead atoms. The Morgan fingerprint density at radius 1 is 0.710 bits per heavy atom. The monoisotopic (exact) mass is 458 g/mol. The lowest BCUT2D eigenvalue weighted by molar-refractivity contribution is -0.370. The van der Waals surface area contributed by atoms with Crippen molar-refractivity contribution in [2.75, 3.05) is 13.2 Å². The molecule has 0 aromatic heterocycles. The first-order chi connectivity index (χ1) is 14.6. The minimum atomic E-state index is -1.77. The molecule has 14 atom stereocenters. The van der Waals surface area contributed by atoms with Gasteiger partial charge in [-0.05, 0) is 6.92 Å². The zero-order chi connectivity index (χ0) is 23.0. The van der Waals surface area contributed by atoms with Crippen molar-refractivity contribution < 1.29 is 69.6 Å². The molecule has 0 aromatic carbocycles. The third-order valence-electron chi connectivity index (χ3n) is 5.65. The molecule has 9 N–H and O–H groups in total. The van der Waals surface area contributed by atoms with Gasteiger partial charge >= 0.3 is 0 Å². The van der Waals surface area contributed by atoms with Crippen LogP contribution in [0.1, 0.15) is 6.92 Å². The van der Waals surface area contributed by atoms with Gasteiger partial charge in [0.2, 0.25) is 0 Å². The largest absolute Gasteiger partial charge is 0.394 e. The van der Waals surface area contributed by atoms with Gasteiger partial charge in [0.05, 0.1) is 19.3 Å². The molecule has 182 valence electrons. The van der Waals surface area contributed by atoms with E-state index in [0.29, 0.717) is 0 Å². The highest BCUT2D eigenvalue weighted by molar-refractivity contribution is 4.94. The summed E-state index contributed by atoms with van der Waals surface area (Å²) in [4.78, 5) is 0. The van der Waals surface area contributed by atoms with Gasteiger partial charge in [0, 0.05) is 0 Å². The van der Waals surface area contributed by atoms with E-state index >= 15 is 0 Å². The van der Waals surface area contributed by atoms with E-state index in [1.807, 2.05) is 0 Å². The van der Waals surface area contributed by atoms with Gasteiger partial charge in [-0.1, -0.05) is 0 Å². The van der Waals surface area contributed by atoms with E-state index in [1.54, 1.807) is 0 Å².